The summed E-state index contributed by atoms with van der Waals surface area (Å²) in [4.78, 5) is 3.95. The van der Waals surface area contributed by atoms with Crippen molar-refractivity contribution in [3.05, 3.63) is 58.9 Å². The van der Waals surface area contributed by atoms with Gasteiger partial charge in [0.25, 0.3) is 0 Å². The van der Waals surface area contributed by atoms with Gasteiger partial charge in [0.2, 0.25) is 0 Å². The third-order valence-electron chi connectivity index (χ3n) is 3.16. The summed E-state index contributed by atoms with van der Waals surface area (Å²) in [7, 11) is 0. The van der Waals surface area contributed by atoms with Crippen LogP contribution in [-0.4, -0.2) is 11.0 Å². The number of pyridine rings is 1. The van der Waals surface area contributed by atoms with Crippen molar-refractivity contribution in [3.8, 4) is 11.8 Å². The molecule has 0 aliphatic heterocycles. The molecule has 0 spiro atoms. The van der Waals surface area contributed by atoms with Gasteiger partial charge in [0.15, 0.2) is 0 Å². The lowest BCUT2D eigenvalue weighted by atomic mass is 10.0. The Morgan fingerprint density at radius 1 is 1.38 bits per heavy atom. The van der Waals surface area contributed by atoms with Crippen molar-refractivity contribution in [2.24, 2.45) is 5.73 Å². The Balaban J connectivity index is 2.17. The van der Waals surface area contributed by atoms with Crippen LogP contribution in [0.3, 0.4) is 0 Å². The van der Waals surface area contributed by atoms with Crippen molar-refractivity contribution in [2.75, 3.05) is 0 Å². The van der Waals surface area contributed by atoms with Gasteiger partial charge in [-0.25, -0.2) is 4.98 Å². The van der Waals surface area contributed by atoms with Crippen LogP contribution in [0.2, 0.25) is 0 Å². The van der Waals surface area contributed by atoms with Crippen LogP contribution in [0.4, 0.5) is 0 Å². The summed E-state index contributed by atoms with van der Waals surface area (Å²) in [5, 5.41) is 8.87. The number of aryl methyl sites for hydroxylation is 1. The quantitative estimate of drug-likeness (QED) is 0.914. The van der Waals surface area contributed by atoms with Crippen LogP contribution in [-0.2, 0) is 13.0 Å². The van der Waals surface area contributed by atoms with E-state index in [1.165, 1.54) is 0 Å². The van der Waals surface area contributed by atoms with Crippen LogP contribution in [0.1, 0.15) is 29.3 Å². The number of nitrogens with zero attached hydrogens (tertiary/aromatic N) is 2. The van der Waals surface area contributed by atoms with Gasteiger partial charge in [0.05, 0.1) is 0 Å². The molecule has 0 radical (unpaired) electrons. The molecule has 0 saturated carbocycles. The van der Waals surface area contributed by atoms with E-state index in [0.717, 1.165) is 28.9 Å². The molecule has 2 N–H and O–H groups in total. The molecule has 0 bridgehead atoms. The number of hydrogen-bond acceptors (Lipinski definition) is 4. The molecule has 21 heavy (non-hydrogen) atoms. The first kappa shape index (κ1) is 15.0. The molecule has 0 saturated heterocycles. The fraction of sp³-hybridized carbons (Fsp3) is 0.294. The van der Waals surface area contributed by atoms with E-state index in [-0.39, 0.29) is 6.04 Å². The first-order chi connectivity index (χ1) is 10.1. The Morgan fingerprint density at radius 3 is 2.90 bits per heavy atom. The third kappa shape index (κ3) is 4.04. The molecule has 1 aromatic carbocycles. The van der Waals surface area contributed by atoms with E-state index in [1.807, 2.05) is 44.2 Å². The minimum absolute atomic E-state index is 0.0836. The molecule has 1 atom stereocenters. The van der Waals surface area contributed by atoms with Gasteiger partial charge in [0.1, 0.15) is 24.1 Å². The maximum absolute atomic E-state index is 8.87. The van der Waals surface area contributed by atoms with E-state index in [2.05, 4.69) is 4.98 Å². The Hall–Kier alpha value is -2.38. The molecule has 1 unspecified atom stereocenters. The van der Waals surface area contributed by atoms with Crippen LogP contribution in [0.15, 0.2) is 36.5 Å². The number of hydrogen-bond donors (Lipinski definition) is 1. The maximum atomic E-state index is 8.87. The largest absolute Gasteiger partial charge is 0.488 e. The number of rotatable bonds is 5. The topological polar surface area (TPSA) is 71.9 Å². The summed E-state index contributed by atoms with van der Waals surface area (Å²) < 4.78 is 5.96. The third-order valence-corrected chi connectivity index (χ3v) is 3.16. The van der Waals surface area contributed by atoms with Gasteiger partial charge < -0.3 is 10.5 Å². The second-order valence-corrected chi connectivity index (χ2v) is 5.19. The number of nitrogens with two attached hydrogens (primary N) is 1. The van der Waals surface area contributed by atoms with E-state index in [9.17, 15) is 0 Å². The highest BCUT2D eigenvalue weighted by Gasteiger charge is 2.09. The van der Waals surface area contributed by atoms with Gasteiger partial charge >= 0.3 is 0 Å². The minimum Gasteiger partial charge on any atom is -0.488 e. The lowest BCUT2D eigenvalue weighted by Gasteiger charge is -2.15. The zero-order chi connectivity index (χ0) is 15.2. The summed E-state index contributed by atoms with van der Waals surface area (Å²) in [5.41, 5.74) is 9.41. The van der Waals surface area contributed by atoms with Crippen molar-refractivity contribution in [3.63, 3.8) is 0 Å². The smallest absolute Gasteiger partial charge is 0.140 e. The van der Waals surface area contributed by atoms with Crippen LogP contribution in [0.5, 0.6) is 5.75 Å². The van der Waals surface area contributed by atoms with Crippen LogP contribution in [0, 0.1) is 18.3 Å². The number of nitriles is 1. The normalized spacial score (nSPS) is 11.7. The molecule has 4 nitrogen and oxygen atoms in total. The molecule has 2 rings (SSSR count). The molecule has 4 heteroatoms. The molecule has 1 heterocycles. The Labute approximate surface area is 125 Å². The van der Waals surface area contributed by atoms with Crippen molar-refractivity contribution in [1.29, 1.82) is 5.26 Å². The van der Waals surface area contributed by atoms with Gasteiger partial charge in [0, 0.05) is 12.2 Å². The number of ether oxygens (including phenoxy) is 1. The Kier molecular flexibility index (Phi) is 4.91. The minimum atomic E-state index is 0.0836. The average molecular weight is 281 g/mol. The lowest BCUT2D eigenvalue weighted by Crippen LogP contribution is -2.18. The van der Waals surface area contributed by atoms with E-state index in [0.29, 0.717) is 12.3 Å². The fourth-order valence-electron chi connectivity index (χ4n) is 2.21. The number of benzene rings is 1. The Morgan fingerprint density at radius 2 is 2.19 bits per heavy atom. The lowest BCUT2D eigenvalue weighted by molar-refractivity contribution is 0.300. The molecule has 2 aromatic rings. The zero-order valence-electron chi connectivity index (χ0n) is 12.3. The van der Waals surface area contributed by atoms with E-state index >= 15 is 0 Å². The fourth-order valence-corrected chi connectivity index (χ4v) is 2.21. The summed E-state index contributed by atoms with van der Waals surface area (Å²) in [6.45, 7) is 4.41. The summed E-state index contributed by atoms with van der Waals surface area (Å²) in [6.07, 6.45) is 2.40. The van der Waals surface area contributed by atoms with Gasteiger partial charge in [-0.3, -0.25) is 0 Å². The van der Waals surface area contributed by atoms with E-state index in [1.54, 1.807) is 12.3 Å². The SMILES string of the molecule is Cc1cccc(CC(C)N)c1OCc1ccnc(C#N)c1. The number of aromatic nitrogens is 1. The molecule has 108 valence electrons. The highest BCUT2D eigenvalue weighted by molar-refractivity contribution is 5.41. The molecule has 0 aliphatic carbocycles. The predicted octanol–water partition coefficient (Wildman–Crippen LogP) is 2.73. The molecule has 0 aliphatic rings. The number of para-hydroxylation sites is 1. The summed E-state index contributed by atoms with van der Waals surface area (Å²) in [5.74, 6) is 0.880. The van der Waals surface area contributed by atoms with E-state index in [4.69, 9.17) is 15.7 Å². The highest BCUT2D eigenvalue weighted by atomic mass is 16.5. The molecular weight excluding hydrogens is 262 g/mol. The van der Waals surface area contributed by atoms with E-state index < -0.39 is 0 Å². The highest BCUT2D eigenvalue weighted by Crippen LogP contribution is 2.25. The zero-order valence-corrected chi connectivity index (χ0v) is 12.3. The second-order valence-electron chi connectivity index (χ2n) is 5.19. The molecular formula is C17H19N3O. The maximum Gasteiger partial charge on any atom is 0.140 e. The monoisotopic (exact) mass is 281 g/mol. The van der Waals surface area contributed by atoms with Crippen molar-refractivity contribution < 1.29 is 4.74 Å². The van der Waals surface area contributed by atoms with Crippen LogP contribution in [0.25, 0.3) is 0 Å². The van der Waals surface area contributed by atoms with Gasteiger partial charge in [-0.2, -0.15) is 5.26 Å². The average Bonchev–Trinajstić information content (AvgIpc) is 2.46. The van der Waals surface area contributed by atoms with Crippen LogP contribution >= 0.6 is 0 Å². The molecule has 0 amide bonds. The van der Waals surface area contributed by atoms with Gasteiger partial charge in [-0.15, -0.1) is 0 Å². The van der Waals surface area contributed by atoms with Crippen molar-refractivity contribution in [1.82, 2.24) is 4.98 Å². The standard InChI is InChI=1S/C17H19N3O/c1-12-4-3-5-15(8-13(2)19)17(12)21-11-14-6-7-20-16(9-14)10-18/h3-7,9,13H,8,11,19H2,1-2H3. The predicted molar refractivity (Wildman–Crippen MR) is 81.8 cm³/mol. The van der Waals surface area contributed by atoms with Gasteiger partial charge in [-0.05, 0) is 49.1 Å². The first-order valence-corrected chi connectivity index (χ1v) is 6.92. The molecule has 1 aromatic heterocycles. The molecule has 0 fully saturated rings. The van der Waals surface area contributed by atoms with Crippen LogP contribution < -0.4 is 10.5 Å². The summed E-state index contributed by atoms with van der Waals surface area (Å²) >= 11 is 0. The first-order valence-electron chi connectivity index (χ1n) is 6.92. The van der Waals surface area contributed by atoms with Gasteiger partial charge in [-0.1, -0.05) is 18.2 Å². The Bertz CT molecular complexity index is 659. The van der Waals surface area contributed by atoms with Crippen molar-refractivity contribution >= 4 is 0 Å². The second kappa shape index (κ2) is 6.87. The summed E-state index contributed by atoms with van der Waals surface area (Å²) in [6, 6.07) is 11.8. The van der Waals surface area contributed by atoms with Crippen molar-refractivity contribution in [2.45, 2.75) is 32.9 Å².